The first-order chi connectivity index (χ1) is 17.2. The Morgan fingerprint density at radius 1 is 0.816 bits per heavy atom. The maximum atomic E-state index is 4.05. The largest absolute Gasteiger partial charge is 1.00 e. The Hall–Kier alpha value is -2.05. The number of hydrogen-bond acceptors (Lipinski definition) is 0. The van der Waals surface area contributed by atoms with Gasteiger partial charge in [-0.2, -0.15) is 0 Å². The van der Waals surface area contributed by atoms with E-state index in [4.69, 9.17) is 0 Å². The Balaban J connectivity index is 0.00000200. The molecule has 0 nitrogen and oxygen atoms in total. The zero-order chi connectivity index (χ0) is 25.6. The van der Waals surface area contributed by atoms with Gasteiger partial charge in [0.1, 0.15) is 0 Å². The van der Waals surface area contributed by atoms with Gasteiger partial charge in [0.15, 0.2) is 0 Å². The Labute approximate surface area is 249 Å². The second-order valence-electron chi connectivity index (χ2n) is 11.2. The van der Waals surface area contributed by atoms with Crippen molar-refractivity contribution in [1.29, 1.82) is 0 Å². The summed E-state index contributed by atoms with van der Waals surface area (Å²) in [6.45, 7) is 20.0. The Morgan fingerprint density at radius 3 is 1.79 bits per heavy atom. The fourth-order valence-electron chi connectivity index (χ4n) is 5.79. The summed E-state index contributed by atoms with van der Waals surface area (Å²) in [5, 5.41) is 0. The van der Waals surface area contributed by atoms with Crippen molar-refractivity contribution in [2.24, 2.45) is 11.3 Å². The van der Waals surface area contributed by atoms with Crippen molar-refractivity contribution in [2.75, 3.05) is 0 Å². The van der Waals surface area contributed by atoms with Gasteiger partial charge in [-0.1, -0.05) is 0 Å². The summed E-state index contributed by atoms with van der Waals surface area (Å²) in [4.78, 5) is 0. The van der Waals surface area contributed by atoms with Crippen LogP contribution in [0.1, 0.15) is 66.1 Å². The molecular weight excluding hydrogens is 583 g/mol. The van der Waals surface area contributed by atoms with Gasteiger partial charge in [-0.05, 0) is 0 Å². The first kappa shape index (κ1) is 30.5. The molecule has 2 aliphatic carbocycles. The van der Waals surface area contributed by atoms with Crippen LogP contribution >= 0.6 is 0 Å². The van der Waals surface area contributed by atoms with Crippen LogP contribution in [-0.4, -0.2) is 3.21 Å². The van der Waals surface area contributed by atoms with Crippen molar-refractivity contribution in [1.82, 2.24) is 0 Å². The van der Waals surface area contributed by atoms with Crippen LogP contribution in [0.2, 0.25) is 0 Å². The number of allylic oxidation sites excluding steroid dienone is 4. The van der Waals surface area contributed by atoms with Crippen molar-refractivity contribution < 1.29 is 46.1 Å². The molecule has 1 unspecified atom stereocenters. The second-order valence-corrected chi connectivity index (χ2v) is 17.9. The van der Waals surface area contributed by atoms with Gasteiger partial charge in [0, 0.05) is 0 Å². The maximum Gasteiger partial charge on any atom is -1.00 e. The van der Waals surface area contributed by atoms with Gasteiger partial charge in [0.25, 0.3) is 0 Å². The summed E-state index contributed by atoms with van der Waals surface area (Å²) in [5.41, 5.74) is 11.2. The summed E-state index contributed by atoms with van der Waals surface area (Å²) >= 11 is -2.49. The first-order valence-electron chi connectivity index (χ1n) is 13.0. The molecule has 0 aromatic heterocycles. The minimum absolute atomic E-state index is 0. The number of rotatable bonds is 5. The molecule has 0 fully saturated rings. The predicted molar refractivity (Wildman–Crippen MR) is 155 cm³/mol. The van der Waals surface area contributed by atoms with E-state index in [-0.39, 0.29) is 30.2 Å². The molecule has 0 radical (unpaired) electrons. The van der Waals surface area contributed by atoms with Crippen LogP contribution in [-0.2, 0) is 21.3 Å². The maximum absolute atomic E-state index is 4.05. The van der Waals surface area contributed by atoms with E-state index in [0.717, 1.165) is 0 Å². The van der Waals surface area contributed by atoms with E-state index in [1.54, 1.807) is 6.49 Å². The molecule has 0 saturated carbocycles. The molecule has 3 aromatic rings. The zero-order valence-electron chi connectivity index (χ0n) is 23.0. The molecule has 0 aliphatic heterocycles. The summed E-state index contributed by atoms with van der Waals surface area (Å²) in [7, 11) is 0. The summed E-state index contributed by atoms with van der Waals surface area (Å²) in [6.07, 6.45) is 9.06. The van der Waals surface area contributed by atoms with Crippen LogP contribution in [0.25, 0.3) is 23.3 Å². The molecule has 38 heavy (non-hydrogen) atoms. The summed E-state index contributed by atoms with van der Waals surface area (Å²) in [6, 6.07) is 25.1. The van der Waals surface area contributed by atoms with E-state index in [9.17, 15) is 0 Å². The van der Waals surface area contributed by atoms with Crippen molar-refractivity contribution in [2.45, 2.75) is 38.2 Å². The van der Waals surface area contributed by atoms with Crippen LogP contribution in [0.5, 0.6) is 0 Å². The molecule has 1 atom stereocenters. The van der Waals surface area contributed by atoms with Gasteiger partial charge >= 0.3 is 226 Å². The standard InChI is InChI=1S/C17H13.C10H15.C8H8.2ClH.Zr/c1-3-12-5-7-14-11-15-8-6-13(4-2)10-17(15)16(14)9-12;1-8-5-6-9(7-8)10(2,3)4;1-2-8-6-4-3-5-7-8;;;/h3-11H,1-2H2;6-8H,1-4H3;3-7H,1H3;2*1H;/q;;;;;+2/p-2. The third kappa shape index (κ3) is 5.49. The van der Waals surface area contributed by atoms with Crippen LogP contribution < -0.4 is 24.8 Å². The van der Waals surface area contributed by atoms with E-state index in [2.05, 4.69) is 127 Å². The molecule has 0 amide bonds. The topological polar surface area (TPSA) is 0 Å². The van der Waals surface area contributed by atoms with Crippen molar-refractivity contribution in [3.63, 3.8) is 0 Å². The monoisotopic (exact) mass is 616 g/mol. The molecule has 3 aromatic carbocycles. The molecule has 5 rings (SSSR count). The molecule has 0 saturated heterocycles. The third-order valence-electron chi connectivity index (χ3n) is 7.85. The Kier molecular flexibility index (Phi) is 9.63. The van der Waals surface area contributed by atoms with Crippen LogP contribution in [0.3, 0.4) is 0 Å². The number of fused-ring (bicyclic) bond motifs is 3. The van der Waals surface area contributed by atoms with E-state index >= 15 is 0 Å². The van der Waals surface area contributed by atoms with Gasteiger partial charge < -0.3 is 24.8 Å². The van der Waals surface area contributed by atoms with Gasteiger partial charge in [0.2, 0.25) is 0 Å². The van der Waals surface area contributed by atoms with Gasteiger partial charge in [-0.25, -0.2) is 0 Å². The van der Waals surface area contributed by atoms with E-state index in [1.165, 1.54) is 44.5 Å². The van der Waals surface area contributed by atoms with Crippen molar-refractivity contribution >= 4 is 15.4 Å². The van der Waals surface area contributed by atoms with Gasteiger partial charge in [0.05, 0.1) is 0 Å². The van der Waals surface area contributed by atoms with Crippen molar-refractivity contribution in [3.8, 4) is 11.1 Å². The first-order valence-corrected chi connectivity index (χ1v) is 16.8. The average molecular weight is 619 g/mol. The molecule has 0 bridgehead atoms. The molecule has 0 N–H and O–H groups in total. The van der Waals surface area contributed by atoms with E-state index in [0.29, 0.717) is 9.54 Å². The Morgan fingerprint density at radius 2 is 1.34 bits per heavy atom. The predicted octanol–water partition coefficient (Wildman–Crippen LogP) is 3.42. The number of benzene rings is 3. The summed E-state index contributed by atoms with van der Waals surface area (Å²) in [5.74, 6) is 0.486. The number of hydrogen-bond donors (Lipinski definition) is 0. The third-order valence-corrected chi connectivity index (χ3v) is 16.5. The second kappa shape index (κ2) is 12.0. The smallest absolute Gasteiger partial charge is 1.00 e. The quantitative estimate of drug-likeness (QED) is 0.412. The normalized spacial score (nSPS) is 16.2. The number of halogens is 2. The van der Waals surface area contributed by atoms with Crippen LogP contribution in [0.15, 0.2) is 101 Å². The fraction of sp³-hybridized carbons (Fsp3) is 0.229. The summed E-state index contributed by atoms with van der Waals surface area (Å²) < 4.78 is 3.80. The molecule has 3 heteroatoms. The zero-order valence-corrected chi connectivity index (χ0v) is 27.0. The minimum atomic E-state index is -2.49. The van der Waals surface area contributed by atoms with E-state index < -0.39 is 21.3 Å². The van der Waals surface area contributed by atoms with Gasteiger partial charge in [-0.3, -0.25) is 0 Å². The molecule has 194 valence electrons. The van der Waals surface area contributed by atoms with E-state index in [1.807, 2.05) is 12.2 Å². The molecule has 0 spiro atoms. The fourth-order valence-corrected chi connectivity index (χ4v) is 14.9. The Bertz CT molecular complexity index is 1410. The molecular formula is C35H36Cl2Zr. The van der Waals surface area contributed by atoms with Gasteiger partial charge in [-0.15, -0.1) is 0 Å². The van der Waals surface area contributed by atoms with Crippen molar-refractivity contribution in [3.05, 3.63) is 129 Å². The van der Waals surface area contributed by atoms with Crippen LogP contribution in [0, 0.1) is 11.3 Å². The SMILES string of the molecule is C=Cc1ccc2c(c1)-c1cc(C=C)ccc1[CH]2/[Zr+2]([C]1=CC(C(C)(C)C)=CC1C)=[C](\C)c1ccccc1.[Cl-].[Cl-]. The minimum Gasteiger partial charge on any atom is -1.00 e. The molecule has 2 aliphatic rings. The molecule has 0 heterocycles. The van der Waals surface area contributed by atoms with Crippen LogP contribution in [0.4, 0.5) is 0 Å². The average Bonchev–Trinajstić information content (AvgIpc) is 3.42.